The van der Waals surface area contributed by atoms with E-state index in [1.54, 1.807) is 33.9 Å². The fourth-order valence-electron chi connectivity index (χ4n) is 6.88. The number of aliphatic hydroxyl groups is 1. The van der Waals surface area contributed by atoms with Gasteiger partial charge in [-0.25, -0.2) is 4.79 Å². The van der Waals surface area contributed by atoms with Crippen molar-refractivity contribution < 1.29 is 33.6 Å². The molecule has 8 heteroatoms. The van der Waals surface area contributed by atoms with E-state index >= 15 is 0 Å². The van der Waals surface area contributed by atoms with Crippen molar-refractivity contribution in [2.24, 2.45) is 5.92 Å². The van der Waals surface area contributed by atoms with E-state index in [0.29, 0.717) is 42.1 Å². The predicted molar refractivity (Wildman–Crippen MR) is 157 cm³/mol. The third-order valence-electron chi connectivity index (χ3n) is 8.87. The fourth-order valence-corrected chi connectivity index (χ4v) is 6.88. The van der Waals surface area contributed by atoms with E-state index < -0.39 is 17.7 Å². The number of benzene rings is 2. The van der Waals surface area contributed by atoms with Gasteiger partial charge in [0.2, 0.25) is 5.76 Å². The molecule has 0 unspecified atom stereocenters. The first kappa shape index (κ1) is 26.6. The summed E-state index contributed by atoms with van der Waals surface area (Å²) in [5, 5.41) is 11.8. The Morgan fingerprint density at radius 1 is 1.17 bits per heavy atom. The highest BCUT2D eigenvalue weighted by atomic mass is 16.6. The lowest BCUT2D eigenvalue weighted by molar-refractivity contribution is -0.141. The van der Waals surface area contributed by atoms with Crippen LogP contribution in [0.5, 0.6) is 17.2 Å². The van der Waals surface area contributed by atoms with Crippen LogP contribution in [0.15, 0.2) is 65.6 Å². The molecule has 1 fully saturated rings. The SMILES string of the molecule is CCOC(=O)C1=C2C=C[C@H]3C(=C2c2c(cc4c(c2OC)C[C@@H](C(C)(C)O)O4)O1)CCC(=O)[C@@H]3c1ccc2[nH]ccc2c1. The van der Waals surface area contributed by atoms with Crippen LogP contribution in [0.2, 0.25) is 0 Å². The van der Waals surface area contributed by atoms with Gasteiger partial charge in [-0.15, -0.1) is 0 Å². The molecule has 0 saturated heterocycles. The van der Waals surface area contributed by atoms with Crippen molar-refractivity contribution in [3.05, 3.63) is 82.3 Å². The van der Waals surface area contributed by atoms with Crippen molar-refractivity contribution in [3.63, 3.8) is 0 Å². The van der Waals surface area contributed by atoms with Gasteiger partial charge in [0.1, 0.15) is 29.1 Å². The highest BCUT2D eigenvalue weighted by Gasteiger charge is 2.45. The first-order valence-electron chi connectivity index (χ1n) is 14.4. The number of aromatic amines is 1. The Balaban J connectivity index is 1.44. The van der Waals surface area contributed by atoms with Crippen molar-refractivity contribution in [2.45, 2.75) is 57.7 Å². The molecule has 3 heterocycles. The number of hydrogen-bond acceptors (Lipinski definition) is 7. The second-order valence-electron chi connectivity index (χ2n) is 11.8. The molecular formula is C34H33NO7. The van der Waals surface area contributed by atoms with Crippen LogP contribution in [0.25, 0.3) is 16.5 Å². The second-order valence-corrected chi connectivity index (χ2v) is 11.8. The summed E-state index contributed by atoms with van der Waals surface area (Å²) >= 11 is 0. The van der Waals surface area contributed by atoms with E-state index in [2.05, 4.69) is 11.1 Å². The molecular weight excluding hydrogens is 534 g/mol. The van der Waals surface area contributed by atoms with Crippen molar-refractivity contribution in [2.75, 3.05) is 13.7 Å². The van der Waals surface area contributed by atoms with Crippen LogP contribution in [0.1, 0.15) is 56.2 Å². The van der Waals surface area contributed by atoms with Gasteiger partial charge in [0, 0.05) is 53.2 Å². The number of carbonyl (C=O) groups is 2. The number of Topliss-reactive ketones (excluding diaryl/α,β-unsaturated/α-hetero) is 1. The molecule has 0 bridgehead atoms. The van der Waals surface area contributed by atoms with Crippen LogP contribution in [0.3, 0.4) is 0 Å². The lowest BCUT2D eigenvalue weighted by atomic mass is 9.66. The minimum absolute atomic E-state index is 0.0998. The third-order valence-corrected chi connectivity index (χ3v) is 8.87. The maximum atomic E-state index is 13.6. The third kappa shape index (κ3) is 4.00. The summed E-state index contributed by atoms with van der Waals surface area (Å²) in [6.45, 7) is 5.39. The maximum Gasteiger partial charge on any atom is 0.374 e. The van der Waals surface area contributed by atoms with E-state index in [9.17, 15) is 14.7 Å². The summed E-state index contributed by atoms with van der Waals surface area (Å²) in [7, 11) is 1.61. The number of nitrogens with one attached hydrogen (secondary N) is 1. The summed E-state index contributed by atoms with van der Waals surface area (Å²) in [5.41, 5.74) is 5.01. The summed E-state index contributed by atoms with van der Waals surface area (Å²) < 4.78 is 23.9. The Hall–Kier alpha value is -4.30. The van der Waals surface area contributed by atoms with Crippen molar-refractivity contribution in [1.82, 2.24) is 4.98 Å². The predicted octanol–water partition coefficient (Wildman–Crippen LogP) is 5.55. The monoisotopic (exact) mass is 567 g/mol. The highest BCUT2D eigenvalue weighted by molar-refractivity contribution is 6.03. The fraction of sp³-hybridized carbons (Fsp3) is 0.353. The lowest BCUT2D eigenvalue weighted by Gasteiger charge is -2.38. The number of hydrogen-bond donors (Lipinski definition) is 2. The number of allylic oxidation sites excluding steroid dienone is 5. The number of ether oxygens (including phenoxy) is 4. The number of aromatic nitrogens is 1. The normalized spacial score (nSPS) is 22.7. The minimum atomic E-state index is -1.08. The van der Waals surface area contributed by atoms with Gasteiger partial charge in [-0.2, -0.15) is 0 Å². The summed E-state index contributed by atoms with van der Waals surface area (Å²) in [6, 6.07) is 9.92. The smallest absolute Gasteiger partial charge is 0.374 e. The number of H-pyrrole nitrogens is 1. The van der Waals surface area contributed by atoms with Crippen molar-refractivity contribution in [1.29, 1.82) is 0 Å². The van der Waals surface area contributed by atoms with E-state index in [0.717, 1.165) is 38.7 Å². The van der Waals surface area contributed by atoms with Crippen LogP contribution >= 0.6 is 0 Å². The van der Waals surface area contributed by atoms with Gasteiger partial charge >= 0.3 is 5.97 Å². The van der Waals surface area contributed by atoms with Crippen LogP contribution in [-0.2, 0) is 20.7 Å². The molecule has 8 nitrogen and oxygen atoms in total. The Kier molecular flexibility index (Phi) is 6.10. The molecule has 0 amide bonds. The molecule has 2 aliphatic heterocycles. The topological polar surface area (TPSA) is 107 Å². The van der Waals surface area contributed by atoms with Gasteiger partial charge in [0.05, 0.1) is 30.8 Å². The van der Waals surface area contributed by atoms with Gasteiger partial charge in [0.15, 0.2) is 0 Å². The zero-order chi connectivity index (χ0) is 29.3. The van der Waals surface area contributed by atoms with Crippen molar-refractivity contribution >= 4 is 28.2 Å². The Labute approximate surface area is 243 Å². The van der Waals surface area contributed by atoms with E-state index in [-0.39, 0.29) is 30.0 Å². The molecule has 42 heavy (non-hydrogen) atoms. The molecule has 2 aromatic carbocycles. The first-order valence-corrected chi connectivity index (χ1v) is 14.4. The number of methoxy groups -OCH3 is 1. The molecule has 7 rings (SSSR count). The second kappa shape index (κ2) is 9.63. The molecule has 2 aliphatic carbocycles. The molecule has 216 valence electrons. The Bertz CT molecular complexity index is 1750. The Morgan fingerprint density at radius 3 is 2.76 bits per heavy atom. The van der Waals surface area contributed by atoms with Crippen LogP contribution < -0.4 is 14.2 Å². The average molecular weight is 568 g/mol. The maximum absolute atomic E-state index is 13.6. The number of carbonyl (C=O) groups excluding carboxylic acids is 2. The number of rotatable bonds is 5. The van der Waals surface area contributed by atoms with E-state index in [1.165, 1.54) is 0 Å². The Morgan fingerprint density at radius 2 is 2.00 bits per heavy atom. The zero-order valence-corrected chi connectivity index (χ0v) is 24.1. The van der Waals surface area contributed by atoms with Gasteiger partial charge in [-0.1, -0.05) is 23.8 Å². The number of esters is 1. The minimum Gasteiger partial charge on any atom is -0.496 e. The van der Waals surface area contributed by atoms with Gasteiger partial charge in [-0.05, 0) is 56.3 Å². The molecule has 1 aromatic heterocycles. The highest BCUT2D eigenvalue weighted by Crippen LogP contribution is 2.57. The summed E-state index contributed by atoms with van der Waals surface area (Å²) in [6.07, 6.45) is 6.73. The van der Waals surface area contributed by atoms with E-state index in [4.69, 9.17) is 18.9 Å². The van der Waals surface area contributed by atoms with Crippen LogP contribution in [0.4, 0.5) is 0 Å². The lowest BCUT2D eigenvalue weighted by Crippen LogP contribution is -2.39. The number of ketones is 1. The molecule has 0 radical (unpaired) electrons. The van der Waals surface area contributed by atoms with Gasteiger partial charge in [0.25, 0.3) is 0 Å². The average Bonchev–Trinajstić information content (AvgIpc) is 3.62. The van der Waals surface area contributed by atoms with Crippen LogP contribution in [0, 0.1) is 5.92 Å². The largest absolute Gasteiger partial charge is 0.496 e. The molecule has 1 saturated carbocycles. The molecule has 0 spiro atoms. The van der Waals surface area contributed by atoms with Gasteiger partial charge in [-0.3, -0.25) is 4.79 Å². The molecule has 2 N–H and O–H groups in total. The van der Waals surface area contributed by atoms with E-state index in [1.807, 2.05) is 36.5 Å². The molecule has 3 atom stereocenters. The summed E-state index contributed by atoms with van der Waals surface area (Å²) in [5.74, 6) is 0.734. The van der Waals surface area contributed by atoms with Crippen molar-refractivity contribution in [3.8, 4) is 17.2 Å². The zero-order valence-electron chi connectivity index (χ0n) is 24.1. The standard InChI is InChI=1S/C34H33NO7/c1-5-40-33(37)32-21-8-7-19-20(9-11-24(36)28(19)18-6-10-23-17(14-18)12-13-35-23)29(21)30-26(42-32)16-25-22(31(30)39-4)15-27(41-25)34(2,3)38/h6-8,10,12-14,16,19,27-28,35,38H,5,9,11,15H2,1-4H3/t19-,27-,28+/m0/s1. The number of fused-ring (bicyclic) bond motifs is 6. The van der Waals surface area contributed by atoms with Gasteiger partial charge < -0.3 is 29.0 Å². The molecule has 3 aromatic rings. The molecule has 4 aliphatic rings. The quantitative estimate of drug-likeness (QED) is 0.390. The summed E-state index contributed by atoms with van der Waals surface area (Å²) in [4.78, 5) is 30.0. The first-order chi connectivity index (χ1) is 20.2. The van der Waals surface area contributed by atoms with Crippen LogP contribution in [-0.4, -0.2) is 47.3 Å².